The van der Waals surface area contributed by atoms with Crippen LogP contribution in [-0.4, -0.2) is 32.2 Å². The number of benzene rings is 2. The van der Waals surface area contributed by atoms with Gasteiger partial charge in [0.2, 0.25) is 5.91 Å². The quantitative estimate of drug-likeness (QED) is 0.386. The zero-order valence-electron chi connectivity index (χ0n) is 18.1. The average Bonchev–Trinajstić information content (AvgIpc) is 3.15. The number of amides is 1. The number of carbonyl (C=O) groups is 2. The van der Waals surface area contributed by atoms with Gasteiger partial charge in [0.05, 0.1) is 5.75 Å². The number of aryl methyl sites for hydroxylation is 1. The van der Waals surface area contributed by atoms with Gasteiger partial charge in [-0.3, -0.25) is 9.59 Å². The summed E-state index contributed by atoms with van der Waals surface area (Å²) < 4.78 is 7.99. The third kappa shape index (κ3) is 5.95. The molecule has 0 aliphatic carbocycles. The number of rotatable bonds is 9. The molecule has 1 heterocycles. The Kier molecular flexibility index (Phi) is 7.46. The number of ether oxygens (including phenoxy) is 1. The van der Waals surface area contributed by atoms with Gasteiger partial charge in [-0.2, -0.15) is 0 Å². The molecule has 0 radical (unpaired) electrons. The third-order valence-corrected chi connectivity index (χ3v) is 5.58. The number of anilines is 1. The van der Waals surface area contributed by atoms with Gasteiger partial charge in [0.25, 0.3) is 0 Å². The molecule has 1 aromatic heterocycles. The molecule has 1 N–H and O–H groups in total. The van der Waals surface area contributed by atoms with E-state index >= 15 is 0 Å². The first-order valence-corrected chi connectivity index (χ1v) is 11.1. The first-order valence-electron chi connectivity index (χ1n) is 10.1. The number of nitrogens with one attached hydrogen (secondary N) is 1. The minimum Gasteiger partial charge on any atom is -0.483 e. The molecule has 0 saturated carbocycles. The molecule has 8 heteroatoms. The van der Waals surface area contributed by atoms with E-state index < -0.39 is 0 Å². The summed E-state index contributed by atoms with van der Waals surface area (Å²) in [6.45, 7) is 8.11. The predicted molar refractivity (Wildman–Crippen MR) is 122 cm³/mol. The van der Waals surface area contributed by atoms with Crippen molar-refractivity contribution < 1.29 is 14.3 Å². The van der Waals surface area contributed by atoms with E-state index in [4.69, 9.17) is 4.74 Å². The number of aromatic nitrogens is 3. The zero-order chi connectivity index (χ0) is 22.4. The Hall–Kier alpha value is -3.13. The maximum Gasteiger partial charge on any atom is 0.234 e. The van der Waals surface area contributed by atoms with E-state index in [9.17, 15) is 9.59 Å². The maximum atomic E-state index is 12.4. The van der Waals surface area contributed by atoms with E-state index in [2.05, 4.69) is 15.5 Å². The Labute approximate surface area is 186 Å². The van der Waals surface area contributed by atoms with E-state index in [1.54, 1.807) is 24.3 Å². The normalized spacial score (nSPS) is 11.7. The second-order valence-electron chi connectivity index (χ2n) is 7.14. The summed E-state index contributed by atoms with van der Waals surface area (Å²) in [5.41, 5.74) is 2.28. The first kappa shape index (κ1) is 22.6. The van der Waals surface area contributed by atoms with Crippen LogP contribution in [0, 0.1) is 6.92 Å². The number of hydrogen-bond acceptors (Lipinski definition) is 6. The first-order chi connectivity index (χ1) is 14.9. The lowest BCUT2D eigenvalue weighted by atomic mass is 10.1. The van der Waals surface area contributed by atoms with Gasteiger partial charge in [-0.15, -0.1) is 10.2 Å². The van der Waals surface area contributed by atoms with Gasteiger partial charge in [0.1, 0.15) is 5.75 Å². The van der Waals surface area contributed by atoms with Crippen LogP contribution in [0.1, 0.15) is 48.6 Å². The molecular weight excluding hydrogens is 412 g/mol. The molecule has 1 atom stereocenters. The molecule has 162 valence electrons. The van der Waals surface area contributed by atoms with Crippen molar-refractivity contribution in [1.29, 1.82) is 0 Å². The van der Waals surface area contributed by atoms with Crippen LogP contribution >= 0.6 is 11.8 Å². The molecule has 1 amide bonds. The summed E-state index contributed by atoms with van der Waals surface area (Å²) >= 11 is 1.31. The summed E-state index contributed by atoms with van der Waals surface area (Å²) in [5, 5.41) is 12.0. The van der Waals surface area contributed by atoms with Crippen molar-refractivity contribution in [2.24, 2.45) is 0 Å². The molecule has 31 heavy (non-hydrogen) atoms. The van der Waals surface area contributed by atoms with Crippen molar-refractivity contribution in [3.8, 4) is 5.75 Å². The van der Waals surface area contributed by atoms with E-state index in [1.165, 1.54) is 18.7 Å². The number of Topliss-reactive ketones (excluding diaryl/α,β-unsaturated/α-hetero) is 1. The van der Waals surface area contributed by atoms with Gasteiger partial charge >= 0.3 is 0 Å². The monoisotopic (exact) mass is 438 g/mol. The Balaban J connectivity index is 1.63. The second-order valence-corrected chi connectivity index (χ2v) is 8.08. The van der Waals surface area contributed by atoms with Crippen molar-refractivity contribution in [1.82, 2.24) is 14.8 Å². The van der Waals surface area contributed by atoms with Gasteiger partial charge in [-0.1, -0.05) is 36.0 Å². The van der Waals surface area contributed by atoms with Gasteiger partial charge in [0, 0.05) is 17.8 Å². The van der Waals surface area contributed by atoms with Crippen LogP contribution in [-0.2, 0) is 11.3 Å². The second kappa shape index (κ2) is 10.3. The topological polar surface area (TPSA) is 86.1 Å². The standard InChI is InChI=1S/C23H26N4O3S/c1-5-27-22(17(4)30-20-11-6-8-15(2)12-20)25-26-23(27)31-14-21(29)24-19-10-7-9-18(13-19)16(3)28/h6-13,17H,5,14H2,1-4H3,(H,24,29). The molecule has 0 bridgehead atoms. The molecule has 0 aliphatic heterocycles. The highest BCUT2D eigenvalue weighted by atomic mass is 32.2. The van der Waals surface area contributed by atoms with E-state index in [0.29, 0.717) is 28.8 Å². The lowest BCUT2D eigenvalue weighted by Gasteiger charge is -2.16. The highest BCUT2D eigenvalue weighted by Crippen LogP contribution is 2.25. The van der Waals surface area contributed by atoms with Crippen LogP contribution in [0.4, 0.5) is 5.69 Å². The fourth-order valence-electron chi connectivity index (χ4n) is 3.09. The molecule has 0 spiro atoms. The molecule has 3 aromatic rings. The fourth-order valence-corrected chi connectivity index (χ4v) is 3.90. The van der Waals surface area contributed by atoms with E-state index in [-0.39, 0.29) is 23.5 Å². The molecule has 0 fully saturated rings. The lowest BCUT2D eigenvalue weighted by Crippen LogP contribution is -2.15. The third-order valence-electron chi connectivity index (χ3n) is 4.61. The van der Waals surface area contributed by atoms with Crippen LogP contribution in [0.25, 0.3) is 0 Å². The van der Waals surface area contributed by atoms with Crippen molar-refractivity contribution in [2.45, 2.75) is 45.5 Å². The average molecular weight is 439 g/mol. The Bertz CT molecular complexity index is 1080. The van der Waals surface area contributed by atoms with E-state index in [0.717, 1.165) is 11.3 Å². The molecule has 2 aromatic carbocycles. The Morgan fingerprint density at radius 3 is 2.65 bits per heavy atom. The Morgan fingerprint density at radius 1 is 1.16 bits per heavy atom. The lowest BCUT2D eigenvalue weighted by molar-refractivity contribution is -0.113. The van der Waals surface area contributed by atoms with Crippen LogP contribution in [0.5, 0.6) is 5.75 Å². The molecule has 3 rings (SSSR count). The number of thioether (sulfide) groups is 1. The van der Waals surface area contributed by atoms with Crippen molar-refractivity contribution in [3.05, 3.63) is 65.5 Å². The summed E-state index contributed by atoms with van der Waals surface area (Å²) in [6, 6.07) is 14.7. The van der Waals surface area contributed by atoms with Crippen LogP contribution in [0.15, 0.2) is 53.7 Å². The predicted octanol–water partition coefficient (Wildman–Crippen LogP) is 4.68. The highest BCUT2D eigenvalue weighted by molar-refractivity contribution is 7.99. The summed E-state index contributed by atoms with van der Waals surface area (Å²) in [4.78, 5) is 23.9. The van der Waals surface area contributed by atoms with Gasteiger partial charge in [0.15, 0.2) is 22.9 Å². The van der Waals surface area contributed by atoms with Gasteiger partial charge < -0.3 is 14.6 Å². The van der Waals surface area contributed by atoms with Crippen LogP contribution in [0.2, 0.25) is 0 Å². The summed E-state index contributed by atoms with van der Waals surface area (Å²) in [7, 11) is 0. The molecule has 7 nitrogen and oxygen atoms in total. The smallest absolute Gasteiger partial charge is 0.234 e. The number of nitrogens with zero attached hydrogens (tertiary/aromatic N) is 3. The van der Waals surface area contributed by atoms with Gasteiger partial charge in [-0.05, 0) is 57.5 Å². The molecule has 0 aliphatic rings. The highest BCUT2D eigenvalue weighted by Gasteiger charge is 2.19. The maximum absolute atomic E-state index is 12.4. The SMILES string of the molecule is CCn1c(SCC(=O)Nc2cccc(C(C)=O)c2)nnc1C(C)Oc1cccc(C)c1. The summed E-state index contributed by atoms with van der Waals surface area (Å²) in [6.07, 6.45) is -0.285. The zero-order valence-corrected chi connectivity index (χ0v) is 18.9. The van der Waals surface area contributed by atoms with Crippen molar-refractivity contribution >= 4 is 29.1 Å². The van der Waals surface area contributed by atoms with E-state index in [1.807, 2.05) is 49.6 Å². The largest absolute Gasteiger partial charge is 0.483 e. The number of hydrogen-bond donors (Lipinski definition) is 1. The summed E-state index contributed by atoms with van der Waals surface area (Å²) in [5.74, 6) is 1.44. The van der Waals surface area contributed by atoms with Crippen LogP contribution < -0.4 is 10.1 Å². The minimum atomic E-state index is -0.285. The Morgan fingerprint density at radius 2 is 1.94 bits per heavy atom. The number of carbonyl (C=O) groups excluding carboxylic acids is 2. The molecular formula is C23H26N4O3S. The van der Waals surface area contributed by atoms with Crippen molar-refractivity contribution in [2.75, 3.05) is 11.1 Å². The minimum absolute atomic E-state index is 0.0453. The van der Waals surface area contributed by atoms with Crippen LogP contribution in [0.3, 0.4) is 0 Å². The van der Waals surface area contributed by atoms with Crippen molar-refractivity contribution in [3.63, 3.8) is 0 Å². The molecule has 1 unspecified atom stereocenters. The van der Waals surface area contributed by atoms with Gasteiger partial charge in [-0.25, -0.2) is 0 Å². The number of ketones is 1. The fraction of sp³-hybridized carbons (Fsp3) is 0.304. The molecule has 0 saturated heterocycles.